The summed E-state index contributed by atoms with van der Waals surface area (Å²) < 4.78 is 16.8. The molecule has 0 rings (SSSR count). The maximum Gasteiger partial charge on any atom is 0.306 e. The number of rotatable bonds is 50. The molecule has 0 aliphatic rings. The molecule has 0 spiro atoms. The summed E-state index contributed by atoms with van der Waals surface area (Å²) in [5.74, 6) is -0.921. The summed E-state index contributed by atoms with van der Waals surface area (Å²) in [5.41, 5.74) is 0. The first-order valence-corrected chi connectivity index (χ1v) is 27.8. The lowest BCUT2D eigenvalue weighted by Gasteiger charge is -2.18. The Morgan fingerprint density at radius 3 is 0.985 bits per heavy atom. The normalized spacial score (nSPS) is 12.5. The molecule has 0 saturated heterocycles. The van der Waals surface area contributed by atoms with Crippen molar-refractivity contribution < 1.29 is 28.6 Å². The van der Waals surface area contributed by atoms with E-state index in [4.69, 9.17) is 14.2 Å². The van der Waals surface area contributed by atoms with Crippen LogP contribution in [0.3, 0.4) is 0 Å². The van der Waals surface area contributed by atoms with Crippen molar-refractivity contribution in [1.29, 1.82) is 0 Å². The molecule has 0 radical (unpaired) electrons. The fraction of sp³-hybridized carbons (Fsp3) is 0.780. The quantitative estimate of drug-likeness (QED) is 0.0262. The molecule has 0 aromatic heterocycles. The largest absolute Gasteiger partial charge is 0.462 e. The van der Waals surface area contributed by atoms with E-state index >= 15 is 0 Å². The van der Waals surface area contributed by atoms with Gasteiger partial charge < -0.3 is 14.2 Å². The second-order valence-corrected chi connectivity index (χ2v) is 18.5. The van der Waals surface area contributed by atoms with Gasteiger partial charge in [0.2, 0.25) is 0 Å². The summed E-state index contributed by atoms with van der Waals surface area (Å²) in [4.78, 5) is 38.0. The van der Waals surface area contributed by atoms with Crippen molar-refractivity contribution in [3.63, 3.8) is 0 Å². The second kappa shape index (κ2) is 53.7. The Bertz CT molecular complexity index is 1180. The van der Waals surface area contributed by atoms with Crippen molar-refractivity contribution in [2.45, 2.75) is 284 Å². The number of carbonyl (C=O) groups excluding carboxylic acids is 3. The van der Waals surface area contributed by atoms with Gasteiger partial charge >= 0.3 is 17.9 Å². The van der Waals surface area contributed by atoms with E-state index in [1.165, 1.54) is 154 Å². The Labute approximate surface area is 402 Å². The van der Waals surface area contributed by atoms with E-state index in [0.717, 1.165) is 83.5 Å². The Balaban J connectivity index is 4.35. The summed E-state index contributed by atoms with van der Waals surface area (Å²) in [5, 5.41) is 0. The summed E-state index contributed by atoms with van der Waals surface area (Å²) in [7, 11) is 0. The number of hydrogen-bond acceptors (Lipinski definition) is 6. The third-order valence-electron chi connectivity index (χ3n) is 12.0. The van der Waals surface area contributed by atoms with Crippen molar-refractivity contribution in [3.05, 3.63) is 60.8 Å². The molecular weight excluding hydrogens is 805 g/mol. The molecule has 6 heteroatoms. The molecule has 0 bridgehead atoms. The van der Waals surface area contributed by atoms with E-state index in [0.29, 0.717) is 19.3 Å². The molecule has 0 amide bonds. The van der Waals surface area contributed by atoms with Gasteiger partial charge in [-0.15, -0.1) is 0 Å². The van der Waals surface area contributed by atoms with Crippen LogP contribution in [-0.4, -0.2) is 37.2 Å². The van der Waals surface area contributed by atoms with Gasteiger partial charge in [-0.1, -0.05) is 236 Å². The van der Waals surface area contributed by atoms with Crippen LogP contribution in [0.1, 0.15) is 278 Å². The average Bonchev–Trinajstić information content (AvgIpc) is 3.30. The number of carbonyl (C=O) groups is 3. The van der Waals surface area contributed by atoms with Gasteiger partial charge in [0, 0.05) is 19.3 Å². The minimum absolute atomic E-state index is 0.0852. The first-order chi connectivity index (χ1) is 32.0. The van der Waals surface area contributed by atoms with Crippen LogP contribution in [-0.2, 0) is 28.6 Å². The van der Waals surface area contributed by atoms with Crippen molar-refractivity contribution in [2.24, 2.45) is 0 Å². The zero-order valence-electron chi connectivity index (χ0n) is 43.0. The number of unbranched alkanes of at least 4 members (excludes halogenated alkanes) is 29. The number of ether oxygens (including phenoxy) is 3. The molecular formula is C59H104O6. The summed E-state index contributed by atoms with van der Waals surface area (Å²) >= 11 is 0. The maximum absolute atomic E-state index is 12.8. The van der Waals surface area contributed by atoms with E-state index in [9.17, 15) is 14.4 Å². The summed E-state index contributed by atoms with van der Waals surface area (Å²) in [6, 6.07) is 0. The number of hydrogen-bond donors (Lipinski definition) is 0. The van der Waals surface area contributed by atoms with Crippen LogP contribution in [0, 0.1) is 0 Å². The summed E-state index contributed by atoms with van der Waals surface area (Å²) in [6.45, 7) is 6.50. The van der Waals surface area contributed by atoms with E-state index < -0.39 is 6.10 Å². The van der Waals surface area contributed by atoms with Gasteiger partial charge in [0.15, 0.2) is 6.10 Å². The highest BCUT2D eigenvalue weighted by molar-refractivity contribution is 5.71. The topological polar surface area (TPSA) is 78.9 Å². The molecule has 0 unspecified atom stereocenters. The molecule has 0 heterocycles. The Hall–Kier alpha value is -2.89. The summed E-state index contributed by atoms with van der Waals surface area (Å²) in [6.07, 6.45) is 66.4. The Morgan fingerprint density at radius 1 is 0.323 bits per heavy atom. The molecule has 0 aromatic rings. The lowest BCUT2D eigenvalue weighted by atomic mass is 10.0. The molecule has 0 aliphatic heterocycles. The van der Waals surface area contributed by atoms with Crippen LogP contribution in [0.15, 0.2) is 60.8 Å². The van der Waals surface area contributed by atoms with Crippen LogP contribution < -0.4 is 0 Å². The molecule has 376 valence electrons. The molecule has 0 fully saturated rings. The molecule has 0 N–H and O–H groups in total. The minimum Gasteiger partial charge on any atom is -0.462 e. The van der Waals surface area contributed by atoms with Gasteiger partial charge in [-0.3, -0.25) is 14.4 Å². The van der Waals surface area contributed by atoms with Crippen molar-refractivity contribution >= 4 is 17.9 Å². The predicted molar refractivity (Wildman–Crippen MR) is 279 cm³/mol. The zero-order valence-corrected chi connectivity index (χ0v) is 43.0. The van der Waals surface area contributed by atoms with E-state index in [-0.39, 0.29) is 31.1 Å². The fourth-order valence-electron chi connectivity index (χ4n) is 7.84. The SMILES string of the molecule is CC/C=C\C/C=C\C/C=C\C/C=C\CCCCC(=O)OC[C@H](COC(=O)CCCCCCCCCCCCC)OC(=O)CCCCCCCCCCCCC/C=C\CCCCCCCC. The van der Waals surface area contributed by atoms with Crippen LogP contribution in [0.25, 0.3) is 0 Å². The highest BCUT2D eigenvalue weighted by Crippen LogP contribution is 2.16. The Kier molecular flexibility index (Phi) is 51.3. The molecule has 65 heavy (non-hydrogen) atoms. The first-order valence-electron chi connectivity index (χ1n) is 27.8. The zero-order chi connectivity index (χ0) is 47.2. The first kappa shape index (κ1) is 62.1. The van der Waals surface area contributed by atoms with Crippen molar-refractivity contribution in [2.75, 3.05) is 13.2 Å². The van der Waals surface area contributed by atoms with E-state index in [2.05, 4.69) is 81.5 Å². The monoisotopic (exact) mass is 909 g/mol. The van der Waals surface area contributed by atoms with Gasteiger partial charge in [0.05, 0.1) is 0 Å². The highest BCUT2D eigenvalue weighted by atomic mass is 16.6. The van der Waals surface area contributed by atoms with E-state index in [1.54, 1.807) is 0 Å². The maximum atomic E-state index is 12.8. The average molecular weight is 909 g/mol. The molecule has 0 saturated carbocycles. The van der Waals surface area contributed by atoms with Gasteiger partial charge in [-0.2, -0.15) is 0 Å². The van der Waals surface area contributed by atoms with Gasteiger partial charge in [-0.25, -0.2) is 0 Å². The van der Waals surface area contributed by atoms with Gasteiger partial charge in [0.25, 0.3) is 0 Å². The molecule has 1 atom stereocenters. The van der Waals surface area contributed by atoms with Crippen LogP contribution in [0.4, 0.5) is 0 Å². The third kappa shape index (κ3) is 51.9. The standard InChI is InChI=1S/C59H104O6/c1-4-7-10-13-16-19-22-24-26-27-28-29-30-31-33-35-38-41-44-47-50-53-59(62)65-56(54-63-57(60)51-48-45-42-39-36-21-18-15-12-9-6-3)55-64-58(61)52-49-46-43-40-37-34-32-25-23-20-17-14-11-8-5-2/h8,11,17,20,24-26,32,37,40,56H,4-7,9-10,12-16,18-19,21-23,27-31,33-36,38-39,41-55H2,1-3H3/b11-8-,20-17-,26-24-,32-25-,40-37-/t56-/m0/s1. The number of allylic oxidation sites excluding steroid dienone is 10. The lowest BCUT2D eigenvalue weighted by molar-refractivity contribution is -0.167. The van der Waals surface area contributed by atoms with Gasteiger partial charge in [0.1, 0.15) is 13.2 Å². The molecule has 0 aliphatic carbocycles. The van der Waals surface area contributed by atoms with Crippen molar-refractivity contribution in [3.8, 4) is 0 Å². The van der Waals surface area contributed by atoms with Crippen LogP contribution >= 0.6 is 0 Å². The highest BCUT2D eigenvalue weighted by Gasteiger charge is 2.19. The second-order valence-electron chi connectivity index (χ2n) is 18.5. The fourth-order valence-corrected chi connectivity index (χ4v) is 7.84. The Morgan fingerprint density at radius 2 is 0.600 bits per heavy atom. The van der Waals surface area contributed by atoms with Crippen LogP contribution in [0.2, 0.25) is 0 Å². The third-order valence-corrected chi connectivity index (χ3v) is 12.0. The molecule has 6 nitrogen and oxygen atoms in total. The predicted octanol–water partition coefficient (Wildman–Crippen LogP) is 18.4. The van der Waals surface area contributed by atoms with E-state index in [1.807, 2.05) is 0 Å². The number of esters is 3. The minimum atomic E-state index is -0.788. The molecule has 0 aromatic carbocycles. The van der Waals surface area contributed by atoms with Crippen LogP contribution in [0.5, 0.6) is 0 Å². The lowest BCUT2D eigenvalue weighted by Crippen LogP contribution is -2.30. The van der Waals surface area contributed by atoms with Gasteiger partial charge in [-0.05, 0) is 83.5 Å². The smallest absolute Gasteiger partial charge is 0.306 e. The van der Waals surface area contributed by atoms with Crippen molar-refractivity contribution in [1.82, 2.24) is 0 Å².